The number of hydrazone groups is 1. The third kappa shape index (κ3) is 5.19. The van der Waals surface area contributed by atoms with Crippen LogP contribution in [0.4, 0.5) is 5.69 Å². The predicted octanol–water partition coefficient (Wildman–Crippen LogP) is 3.58. The molecule has 0 aliphatic heterocycles. The van der Waals surface area contributed by atoms with E-state index in [0.717, 1.165) is 10.0 Å². The molecule has 2 amide bonds. The molecule has 2 N–H and O–H groups in total. The summed E-state index contributed by atoms with van der Waals surface area (Å²) in [5.74, 6) is -1.64. The topological polar surface area (TPSA) is 70.6 Å². The van der Waals surface area contributed by atoms with Crippen molar-refractivity contribution in [3.63, 3.8) is 0 Å². The van der Waals surface area contributed by atoms with E-state index < -0.39 is 11.8 Å². The normalized spacial score (nSPS) is 11.0. The molecule has 0 heterocycles. The Morgan fingerprint density at radius 3 is 2.22 bits per heavy atom. The van der Waals surface area contributed by atoms with Crippen LogP contribution in [0.25, 0.3) is 0 Å². The number of carbonyl (C=O) groups excluding carboxylic acids is 2. The van der Waals surface area contributed by atoms with Crippen LogP contribution in [0.5, 0.6) is 0 Å². The van der Waals surface area contributed by atoms with Gasteiger partial charge < -0.3 is 5.32 Å². The Kier molecular flexibility index (Phi) is 5.90. The molecular formula is C16H13BrClN3O2. The molecule has 23 heavy (non-hydrogen) atoms. The Morgan fingerprint density at radius 1 is 1.00 bits per heavy atom. The summed E-state index contributed by atoms with van der Waals surface area (Å²) in [7, 11) is 0. The van der Waals surface area contributed by atoms with Gasteiger partial charge in [-0.05, 0) is 48.9 Å². The number of carbonyl (C=O) groups is 2. The number of halogens is 2. The van der Waals surface area contributed by atoms with Crippen LogP contribution in [-0.2, 0) is 9.59 Å². The Bertz CT molecular complexity index is 743. The number of hydrogen-bond donors (Lipinski definition) is 2. The lowest BCUT2D eigenvalue weighted by atomic mass is 10.1. The maximum atomic E-state index is 11.8. The van der Waals surface area contributed by atoms with Crippen LogP contribution in [-0.4, -0.2) is 17.5 Å². The van der Waals surface area contributed by atoms with Crippen molar-refractivity contribution in [2.45, 2.75) is 6.92 Å². The number of hydrogen-bond acceptors (Lipinski definition) is 3. The molecule has 0 atom stereocenters. The third-order valence-corrected chi connectivity index (χ3v) is 3.68. The van der Waals surface area contributed by atoms with Crippen LogP contribution in [0.1, 0.15) is 12.5 Å². The summed E-state index contributed by atoms with van der Waals surface area (Å²) in [4.78, 5) is 23.5. The second kappa shape index (κ2) is 7.89. The van der Waals surface area contributed by atoms with Gasteiger partial charge in [-0.15, -0.1) is 0 Å². The predicted molar refractivity (Wildman–Crippen MR) is 94.6 cm³/mol. The fourth-order valence-electron chi connectivity index (χ4n) is 1.66. The summed E-state index contributed by atoms with van der Waals surface area (Å²) in [6, 6.07) is 13.9. The highest BCUT2D eigenvalue weighted by Crippen LogP contribution is 2.14. The van der Waals surface area contributed by atoms with Crippen LogP contribution < -0.4 is 10.7 Å². The zero-order valence-electron chi connectivity index (χ0n) is 12.1. The van der Waals surface area contributed by atoms with E-state index in [-0.39, 0.29) is 0 Å². The van der Waals surface area contributed by atoms with Gasteiger partial charge in [-0.1, -0.05) is 39.7 Å². The zero-order valence-corrected chi connectivity index (χ0v) is 14.5. The summed E-state index contributed by atoms with van der Waals surface area (Å²) in [5.41, 5.74) is 4.10. The van der Waals surface area contributed by atoms with Crippen molar-refractivity contribution in [3.8, 4) is 0 Å². The van der Waals surface area contributed by atoms with E-state index in [4.69, 9.17) is 11.6 Å². The summed E-state index contributed by atoms with van der Waals surface area (Å²) >= 11 is 9.10. The molecule has 0 saturated carbocycles. The lowest BCUT2D eigenvalue weighted by Crippen LogP contribution is -2.32. The van der Waals surface area contributed by atoms with Gasteiger partial charge in [-0.3, -0.25) is 9.59 Å². The minimum atomic E-state index is -0.846. The molecule has 0 spiro atoms. The highest BCUT2D eigenvalue weighted by Gasteiger charge is 2.13. The second-order valence-corrected chi connectivity index (χ2v) is 5.96. The van der Waals surface area contributed by atoms with Crippen molar-refractivity contribution >= 4 is 50.7 Å². The number of benzene rings is 2. The summed E-state index contributed by atoms with van der Waals surface area (Å²) < 4.78 is 0.878. The van der Waals surface area contributed by atoms with Gasteiger partial charge in [-0.25, -0.2) is 5.43 Å². The van der Waals surface area contributed by atoms with E-state index >= 15 is 0 Å². The van der Waals surface area contributed by atoms with Gasteiger partial charge in [-0.2, -0.15) is 5.10 Å². The molecule has 2 rings (SSSR count). The number of nitrogens with one attached hydrogen (secondary N) is 2. The molecule has 0 saturated heterocycles. The van der Waals surface area contributed by atoms with Gasteiger partial charge in [0.05, 0.1) is 5.71 Å². The molecule has 7 heteroatoms. The van der Waals surface area contributed by atoms with Gasteiger partial charge >= 0.3 is 11.8 Å². The number of amides is 2. The van der Waals surface area contributed by atoms with Gasteiger partial charge in [0.25, 0.3) is 0 Å². The monoisotopic (exact) mass is 393 g/mol. The summed E-state index contributed by atoms with van der Waals surface area (Å²) in [6.07, 6.45) is 0. The van der Waals surface area contributed by atoms with Gasteiger partial charge in [0, 0.05) is 15.2 Å². The van der Waals surface area contributed by atoms with Gasteiger partial charge in [0.15, 0.2) is 0 Å². The van der Waals surface area contributed by atoms with Crippen LogP contribution in [0, 0.1) is 0 Å². The minimum absolute atomic E-state index is 0.520. The first-order valence-electron chi connectivity index (χ1n) is 6.63. The first kappa shape index (κ1) is 17.2. The van der Waals surface area contributed by atoms with Crippen molar-refractivity contribution in [2.24, 2.45) is 5.10 Å². The van der Waals surface area contributed by atoms with Crippen molar-refractivity contribution in [3.05, 3.63) is 63.6 Å². The van der Waals surface area contributed by atoms with Crippen LogP contribution in [0.3, 0.4) is 0 Å². The molecule has 0 unspecified atom stereocenters. The van der Waals surface area contributed by atoms with Crippen molar-refractivity contribution in [1.82, 2.24) is 5.43 Å². The number of rotatable bonds is 3. The zero-order chi connectivity index (χ0) is 16.8. The maximum absolute atomic E-state index is 11.8. The van der Waals surface area contributed by atoms with Gasteiger partial charge in [0.2, 0.25) is 0 Å². The van der Waals surface area contributed by atoms with Gasteiger partial charge in [0.1, 0.15) is 0 Å². The smallest absolute Gasteiger partial charge is 0.318 e. The first-order valence-corrected chi connectivity index (χ1v) is 7.80. The molecule has 0 fully saturated rings. The molecular weight excluding hydrogens is 382 g/mol. The van der Waals surface area contributed by atoms with E-state index in [2.05, 4.69) is 31.8 Å². The highest BCUT2D eigenvalue weighted by molar-refractivity contribution is 9.10. The van der Waals surface area contributed by atoms with E-state index in [0.29, 0.717) is 16.4 Å². The number of anilines is 1. The number of nitrogens with zero attached hydrogens (tertiary/aromatic N) is 1. The third-order valence-electron chi connectivity index (χ3n) is 2.90. The first-order chi connectivity index (χ1) is 11.0. The molecule has 2 aromatic rings. The van der Waals surface area contributed by atoms with E-state index in [1.807, 2.05) is 0 Å². The van der Waals surface area contributed by atoms with E-state index in [9.17, 15) is 9.59 Å². The molecule has 0 aromatic heterocycles. The standard InChI is InChI=1S/C16H13BrClN3O2/c1-10(11-2-6-13(18)7-3-11)20-21-16(23)15(22)19-14-8-4-12(17)5-9-14/h2-9H,1H3,(H,19,22)(H,21,23)/b20-10+. The quantitative estimate of drug-likeness (QED) is 0.474. The van der Waals surface area contributed by atoms with E-state index in [1.54, 1.807) is 55.5 Å². The fraction of sp³-hybridized carbons (Fsp3) is 0.0625. The SMILES string of the molecule is C/C(=N\NC(=O)C(=O)Nc1ccc(Br)cc1)c1ccc(Cl)cc1. The Labute approximate surface area is 146 Å². The van der Waals surface area contributed by atoms with Crippen molar-refractivity contribution < 1.29 is 9.59 Å². The average Bonchev–Trinajstić information content (AvgIpc) is 2.55. The maximum Gasteiger partial charge on any atom is 0.329 e. The van der Waals surface area contributed by atoms with Crippen molar-refractivity contribution in [2.75, 3.05) is 5.32 Å². The molecule has 0 aliphatic rings. The average molecular weight is 395 g/mol. The molecule has 5 nitrogen and oxygen atoms in total. The minimum Gasteiger partial charge on any atom is -0.318 e. The fourth-order valence-corrected chi connectivity index (χ4v) is 2.05. The molecule has 0 bridgehead atoms. The van der Waals surface area contributed by atoms with Crippen LogP contribution in [0.2, 0.25) is 5.02 Å². The molecule has 0 radical (unpaired) electrons. The molecule has 118 valence electrons. The Hall–Kier alpha value is -2.18. The lowest BCUT2D eigenvalue weighted by molar-refractivity contribution is -0.136. The molecule has 2 aromatic carbocycles. The Morgan fingerprint density at radius 2 is 1.61 bits per heavy atom. The second-order valence-electron chi connectivity index (χ2n) is 4.61. The van der Waals surface area contributed by atoms with Crippen molar-refractivity contribution in [1.29, 1.82) is 0 Å². The van der Waals surface area contributed by atoms with E-state index in [1.165, 1.54) is 0 Å². The highest BCUT2D eigenvalue weighted by atomic mass is 79.9. The van der Waals surface area contributed by atoms with Crippen LogP contribution in [0.15, 0.2) is 58.1 Å². The van der Waals surface area contributed by atoms with Crippen LogP contribution >= 0.6 is 27.5 Å². The summed E-state index contributed by atoms with van der Waals surface area (Å²) in [6.45, 7) is 1.72. The largest absolute Gasteiger partial charge is 0.329 e. The Balaban J connectivity index is 1.95. The molecule has 0 aliphatic carbocycles. The summed E-state index contributed by atoms with van der Waals surface area (Å²) in [5, 5.41) is 7.00. The lowest BCUT2D eigenvalue weighted by Gasteiger charge is -2.05.